The molecule has 4 heteroatoms. The zero-order valence-electron chi connectivity index (χ0n) is 11.3. The minimum Gasteiger partial charge on any atom is -0.481 e. The van der Waals surface area contributed by atoms with E-state index in [4.69, 9.17) is 5.11 Å². The van der Waals surface area contributed by atoms with Crippen molar-refractivity contribution in [1.29, 1.82) is 0 Å². The second-order valence-corrected chi connectivity index (χ2v) is 5.10. The van der Waals surface area contributed by atoms with Crippen LogP contribution in [0.3, 0.4) is 0 Å². The average molecular weight is 262 g/mol. The van der Waals surface area contributed by atoms with Crippen LogP contribution in [-0.2, 0) is 11.2 Å². The highest BCUT2D eigenvalue weighted by Crippen LogP contribution is 2.11. The molecule has 4 nitrogen and oxygen atoms in total. The van der Waals surface area contributed by atoms with E-state index in [9.17, 15) is 4.79 Å². The molecule has 0 aliphatic carbocycles. The topological polar surface area (TPSA) is 52.6 Å². The molecule has 0 spiro atoms. The van der Waals surface area contributed by atoms with Crippen molar-refractivity contribution in [3.05, 3.63) is 29.8 Å². The van der Waals surface area contributed by atoms with E-state index in [2.05, 4.69) is 10.2 Å². The van der Waals surface area contributed by atoms with Gasteiger partial charge in [-0.1, -0.05) is 18.6 Å². The van der Waals surface area contributed by atoms with E-state index < -0.39 is 5.97 Å². The fraction of sp³-hybridized carbons (Fsp3) is 0.533. The first-order chi connectivity index (χ1) is 9.24. The zero-order valence-corrected chi connectivity index (χ0v) is 11.3. The highest BCUT2D eigenvalue weighted by Gasteiger charge is 2.08. The van der Waals surface area contributed by atoms with Gasteiger partial charge in [-0.15, -0.1) is 0 Å². The number of hydrogen-bond acceptors (Lipinski definition) is 3. The summed E-state index contributed by atoms with van der Waals surface area (Å²) in [5.41, 5.74) is 1.90. The smallest absolute Gasteiger partial charge is 0.307 e. The van der Waals surface area contributed by atoms with Gasteiger partial charge in [0.1, 0.15) is 0 Å². The molecule has 2 rings (SSSR count). The number of nitrogens with one attached hydrogen (secondary N) is 1. The Balaban J connectivity index is 1.71. The molecule has 1 fully saturated rings. The van der Waals surface area contributed by atoms with Gasteiger partial charge in [0.2, 0.25) is 0 Å². The van der Waals surface area contributed by atoms with Gasteiger partial charge in [-0.25, -0.2) is 0 Å². The number of piperidine rings is 1. The van der Waals surface area contributed by atoms with Crippen LogP contribution < -0.4 is 5.32 Å². The summed E-state index contributed by atoms with van der Waals surface area (Å²) in [5, 5.41) is 12.1. The van der Waals surface area contributed by atoms with Gasteiger partial charge in [0, 0.05) is 18.8 Å². The Morgan fingerprint density at radius 2 is 1.84 bits per heavy atom. The summed E-state index contributed by atoms with van der Waals surface area (Å²) in [6.45, 7) is 4.47. The minimum absolute atomic E-state index is 0.0913. The van der Waals surface area contributed by atoms with Crippen LogP contribution in [0.5, 0.6) is 0 Å². The third-order valence-electron chi connectivity index (χ3n) is 3.52. The number of nitrogens with zero attached hydrogens (tertiary/aromatic N) is 1. The number of rotatable bonds is 6. The standard InChI is InChI=1S/C15H22N2O2/c18-15(19)12-13-4-6-14(7-5-13)16-8-11-17-9-2-1-3-10-17/h4-7,16H,1-3,8-12H2,(H,18,19). The summed E-state index contributed by atoms with van der Waals surface area (Å²) in [5.74, 6) is -0.786. The van der Waals surface area contributed by atoms with Crippen molar-refractivity contribution in [2.45, 2.75) is 25.7 Å². The van der Waals surface area contributed by atoms with Crippen LogP contribution in [0, 0.1) is 0 Å². The van der Waals surface area contributed by atoms with Crippen LogP contribution in [0.15, 0.2) is 24.3 Å². The molecule has 2 N–H and O–H groups in total. The first-order valence-corrected chi connectivity index (χ1v) is 7.01. The first kappa shape index (κ1) is 13.9. The molecule has 0 radical (unpaired) electrons. The second kappa shape index (κ2) is 7.14. The molecule has 0 bridgehead atoms. The van der Waals surface area contributed by atoms with E-state index in [0.29, 0.717) is 0 Å². The van der Waals surface area contributed by atoms with Crippen molar-refractivity contribution >= 4 is 11.7 Å². The molecule has 1 heterocycles. The Hall–Kier alpha value is -1.55. The summed E-state index contributed by atoms with van der Waals surface area (Å²) in [4.78, 5) is 13.1. The number of likely N-dealkylation sites (tertiary alicyclic amines) is 1. The largest absolute Gasteiger partial charge is 0.481 e. The molecule has 0 unspecified atom stereocenters. The van der Waals surface area contributed by atoms with Gasteiger partial charge in [0.05, 0.1) is 6.42 Å². The van der Waals surface area contributed by atoms with Gasteiger partial charge in [0.15, 0.2) is 0 Å². The summed E-state index contributed by atoms with van der Waals surface area (Å²) in [6, 6.07) is 7.65. The first-order valence-electron chi connectivity index (χ1n) is 7.01. The third kappa shape index (κ3) is 4.91. The number of carboxylic acid groups (broad SMARTS) is 1. The summed E-state index contributed by atoms with van der Waals surface area (Å²) in [7, 11) is 0. The van der Waals surface area contributed by atoms with Gasteiger partial charge in [-0.2, -0.15) is 0 Å². The zero-order chi connectivity index (χ0) is 13.5. The summed E-state index contributed by atoms with van der Waals surface area (Å²) < 4.78 is 0. The Bertz CT molecular complexity index is 397. The highest BCUT2D eigenvalue weighted by molar-refractivity contribution is 5.70. The van der Waals surface area contributed by atoms with E-state index in [1.54, 1.807) is 0 Å². The molecule has 0 atom stereocenters. The quantitative estimate of drug-likeness (QED) is 0.825. The van der Waals surface area contributed by atoms with Crippen LogP contribution >= 0.6 is 0 Å². The lowest BCUT2D eigenvalue weighted by atomic mass is 10.1. The molecule has 0 saturated carbocycles. The Labute approximate surface area is 114 Å². The monoisotopic (exact) mass is 262 g/mol. The lowest BCUT2D eigenvalue weighted by Gasteiger charge is -2.26. The van der Waals surface area contributed by atoms with Gasteiger partial charge >= 0.3 is 5.97 Å². The highest BCUT2D eigenvalue weighted by atomic mass is 16.4. The molecule has 1 aromatic rings. The van der Waals surface area contributed by atoms with Crippen molar-refractivity contribution in [3.63, 3.8) is 0 Å². The van der Waals surface area contributed by atoms with E-state index in [0.717, 1.165) is 24.3 Å². The second-order valence-electron chi connectivity index (χ2n) is 5.10. The van der Waals surface area contributed by atoms with Crippen LogP contribution in [0.1, 0.15) is 24.8 Å². The van der Waals surface area contributed by atoms with Crippen LogP contribution in [0.2, 0.25) is 0 Å². The van der Waals surface area contributed by atoms with Crippen LogP contribution in [0.25, 0.3) is 0 Å². The van der Waals surface area contributed by atoms with E-state index in [1.807, 2.05) is 24.3 Å². The van der Waals surface area contributed by atoms with Crippen molar-refractivity contribution in [3.8, 4) is 0 Å². The van der Waals surface area contributed by atoms with Gasteiger partial charge in [-0.3, -0.25) is 4.79 Å². The minimum atomic E-state index is -0.786. The van der Waals surface area contributed by atoms with E-state index >= 15 is 0 Å². The average Bonchev–Trinajstić information content (AvgIpc) is 2.41. The molecule has 1 aromatic carbocycles. The molecule has 19 heavy (non-hydrogen) atoms. The van der Waals surface area contributed by atoms with Crippen LogP contribution in [0.4, 0.5) is 5.69 Å². The van der Waals surface area contributed by atoms with Crippen molar-refractivity contribution in [2.75, 3.05) is 31.5 Å². The predicted molar refractivity (Wildman–Crippen MR) is 76.6 cm³/mol. The molecule has 104 valence electrons. The number of benzene rings is 1. The Kier molecular flexibility index (Phi) is 5.21. The number of hydrogen-bond donors (Lipinski definition) is 2. The lowest BCUT2D eigenvalue weighted by molar-refractivity contribution is -0.136. The van der Waals surface area contributed by atoms with Gasteiger partial charge < -0.3 is 15.3 Å². The van der Waals surface area contributed by atoms with E-state index in [1.165, 1.54) is 32.4 Å². The summed E-state index contributed by atoms with van der Waals surface area (Å²) >= 11 is 0. The number of aliphatic carboxylic acids is 1. The Morgan fingerprint density at radius 1 is 1.16 bits per heavy atom. The fourth-order valence-corrected chi connectivity index (χ4v) is 2.46. The SMILES string of the molecule is O=C(O)Cc1ccc(NCCN2CCCCC2)cc1. The van der Waals surface area contributed by atoms with Gasteiger partial charge in [0.25, 0.3) is 0 Å². The number of anilines is 1. The molecular weight excluding hydrogens is 240 g/mol. The van der Waals surface area contributed by atoms with Gasteiger partial charge in [-0.05, 0) is 43.6 Å². The van der Waals surface area contributed by atoms with Crippen molar-refractivity contribution in [2.24, 2.45) is 0 Å². The maximum atomic E-state index is 10.6. The molecule has 1 aliphatic rings. The fourth-order valence-electron chi connectivity index (χ4n) is 2.46. The molecule has 0 aromatic heterocycles. The number of carbonyl (C=O) groups is 1. The van der Waals surface area contributed by atoms with Crippen molar-refractivity contribution < 1.29 is 9.90 Å². The third-order valence-corrected chi connectivity index (χ3v) is 3.52. The lowest BCUT2D eigenvalue weighted by Crippen LogP contribution is -2.33. The maximum Gasteiger partial charge on any atom is 0.307 e. The van der Waals surface area contributed by atoms with Crippen LogP contribution in [-0.4, -0.2) is 42.2 Å². The molecule has 1 saturated heterocycles. The molecular formula is C15H22N2O2. The molecule has 1 aliphatic heterocycles. The normalized spacial score (nSPS) is 16.2. The maximum absolute atomic E-state index is 10.6. The predicted octanol–water partition coefficient (Wildman–Crippen LogP) is 2.21. The summed E-state index contributed by atoms with van der Waals surface area (Å²) in [6.07, 6.45) is 4.11. The molecule has 0 amide bonds. The Morgan fingerprint density at radius 3 is 2.47 bits per heavy atom. The van der Waals surface area contributed by atoms with Crippen molar-refractivity contribution in [1.82, 2.24) is 4.90 Å². The van der Waals surface area contributed by atoms with E-state index in [-0.39, 0.29) is 6.42 Å². The number of carboxylic acids is 1.